The smallest absolute Gasteiger partial charge is 0.207 e. The highest BCUT2D eigenvalue weighted by molar-refractivity contribution is 6.20. The first-order valence-corrected chi connectivity index (χ1v) is 8.55. The lowest BCUT2D eigenvalue weighted by atomic mass is 9.95. The summed E-state index contributed by atoms with van der Waals surface area (Å²) in [7, 11) is 2.00. The first-order valence-electron chi connectivity index (χ1n) is 8.55. The molecule has 2 radical (unpaired) electrons. The monoisotopic (exact) mass is 322 g/mol. The minimum atomic E-state index is 0.831. The van der Waals surface area contributed by atoms with E-state index >= 15 is 0 Å². The number of nitrogens with zero attached hydrogens (tertiary/aromatic N) is 2. The van der Waals surface area contributed by atoms with Crippen LogP contribution in [0.3, 0.4) is 0 Å². The molecular formula is C23H18N2. The predicted molar refractivity (Wildman–Crippen MR) is 105 cm³/mol. The van der Waals surface area contributed by atoms with E-state index in [4.69, 9.17) is 0 Å². The van der Waals surface area contributed by atoms with Gasteiger partial charge < -0.3 is 9.80 Å². The molecule has 0 spiro atoms. The molecule has 0 bridgehead atoms. The maximum atomic E-state index is 3.27. The van der Waals surface area contributed by atoms with Gasteiger partial charge in [0.1, 0.15) is 0 Å². The van der Waals surface area contributed by atoms with Crippen LogP contribution in [0.1, 0.15) is 5.56 Å². The Labute approximate surface area is 147 Å². The van der Waals surface area contributed by atoms with Crippen molar-refractivity contribution in [1.82, 2.24) is 9.80 Å². The highest BCUT2D eigenvalue weighted by Gasteiger charge is 2.12. The molecule has 1 heterocycles. The van der Waals surface area contributed by atoms with Gasteiger partial charge in [0, 0.05) is 26.0 Å². The normalized spacial score (nSPS) is 14.3. The van der Waals surface area contributed by atoms with Gasteiger partial charge in [0.25, 0.3) is 0 Å². The summed E-state index contributed by atoms with van der Waals surface area (Å²) >= 11 is 0. The van der Waals surface area contributed by atoms with Crippen LogP contribution >= 0.6 is 0 Å². The fourth-order valence-electron chi connectivity index (χ4n) is 3.71. The Morgan fingerprint density at radius 2 is 1.48 bits per heavy atom. The molecule has 0 unspecified atom stereocenters. The van der Waals surface area contributed by atoms with Crippen molar-refractivity contribution in [2.75, 3.05) is 7.05 Å². The van der Waals surface area contributed by atoms with Gasteiger partial charge in [-0.3, -0.25) is 0 Å². The third kappa shape index (κ3) is 2.42. The molecule has 0 saturated carbocycles. The Morgan fingerprint density at radius 1 is 0.760 bits per heavy atom. The van der Waals surface area contributed by atoms with Gasteiger partial charge in [-0.05, 0) is 43.9 Å². The molecule has 0 aliphatic carbocycles. The summed E-state index contributed by atoms with van der Waals surface area (Å²) < 4.78 is 0. The molecule has 0 fully saturated rings. The van der Waals surface area contributed by atoms with Gasteiger partial charge in [0.05, 0.1) is 0 Å². The van der Waals surface area contributed by atoms with Crippen LogP contribution in [0, 0.1) is 6.67 Å². The summed E-state index contributed by atoms with van der Waals surface area (Å²) in [4.78, 5) is 4.04. The number of rotatable bonds is 2. The number of hydrogen-bond donors (Lipinski definition) is 0. The van der Waals surface area contributed by atoms with Crippen molar-refractivity contribution in [2.24, 2.45) is 0 Å². The third-order valence-electron chi connectivity index (χ3n) is 4.90. The molecule has 25 heavy (non-hydrogen) atoms. The molecule has 2 nitrogen and oxygen atoms in total. The largest absolute Gasteiger partial charge is 0.349 e. The van der Waals surface area contributed by atoms with Crippen LogP contribution in [0.25, 0.3) is 32.3 Å². The van der Waals surface area contributed by atoms with Crippen LogP contribution in [0.5, 0.6) is 0 Å². The van der Waals surface area contributed by atoms with Crippen LogP contribution < -0.4 is 0 Å². The Balaban J connectivity index is 1.72. The number of fused-ring (bicyclic) bond motifs is 5. The Hall–Kier alpha value is -3.00. The van der Waals surface area contributed by atoms with E-state index in [1.807, 2.05) is 18.1 Å². The van der Waals surface area contributed by atoms with Crippen molar-refractivity contribution in [3.63, 3.8) is 0 Å². The Bertz CT molecular complexity index is 1120. The molecule has 4 aromatic rings. The van der Waals surface area contributed by atoms with E-state index in [2.05, 4.69) is 84.5 Å². The first kappa shape index (κ1) is 14.4. The van der Waals surface area contributed by atoms with Crippen LogP contribution in [-0.4, -0.2) is 16.8 Å². The summed E-state index contributed by atoms with van der Waals surface area (Å²) in [6.07, 6.45) is 4.08. The summed E-state index contributed by atoms with van der Waals surface area (Å²) in [6, 6.07) is 24.3. The van der Waals surface area contributed by atoms with Crippen molar-refractivity contribution in [2.45, 2.75) is 6.54 Å². The molecule has 2 heteroatoms. The van der Waals surface area contributed by atoms with Crippen LogP contribution in [-0.2, 0) is 6.54 Å². The lowest BCUT2D eigenvalue weighted by Gasteiger charge is -2.16. The van der Waals surface area contributed by atoms with Gasteiger partial charge in [-0.25, -0.2) is 0 Å². The first-order chi connectivity index (χ1) is 12.3. The molecule has 1 aliphatic heterocycles. The molecule has 4 aromatic carbocycles. The summed E-state index contributed by atoms with van der Waals surface area (Å²) in [5.74, 6) is 0. The van der Waals surface area contributed by atoms with E-state index in [1.165, 1.54) is 37.9 Å². The highest BCUT2D eigenvalue weighted by atomic mass is 15.3. The molecule has 120 valence electrons. The van der Waals surface area contributed by atoms with Crippen LogP contribution in [0.15, 0.2) is 79.1 Å². The molecule has 0 saturated heterocycles. The second kappa shape index (κ2) is 5.52. The minimum Gasteiger partial charge on any atom is -0.349 e. The van der Waals surface area contributed by atoms with E-state index in [0.29, 0.717) is 0 Å². The third-order valence-corrected chi connectivity index (χ3v) is 4.90. The second-order valence-electron chi connectivity index (χ2n) is 6.64. The molecule has 5 rings (SSSR count). The van der Waals surface area contributed by atoms with Gasteiger partial charge in [0.15, 0.2) is 0 Å². The molecule has 0 atom stereocenters. The predicted octanol–water partition coefficient (Wildman–Crippen LogP) is 5.36. The van der Waals surface area contributed by atoms with Crippen LogP contribution in [0.2, 0.25) is 0 Å². The quantitative estimate of drug-likeness (QED) is 0.458. The lowest BCUT2D eigenvalue weighted by molar-refractivity contribution is 0.374. The van der Waals surface area contributed by atoms with E-state index in [1.54, 1.807) is 0 Å². The fraction of sp³-hybridized carbons (Fsp3) is 0.0870. The average molecular weight is 322 g/mol. The molecule has 1 aliphatic rings. The summed E-state index contributed by atoms with van der Waals surface area (Å²) in [6.45, 7) is 4.10. The zero-order valence-corrected chi connectivity index (χ0v) is 14.1. The number of benzene rings is 4. The summed E-state index contributed by atoms with van der Waals surface area (Å²) in [5.41, 5.74) is 1.29. The van der Waals surface area contributed by atoms with Gasteiger partial charge in [-0.15, -0.1) is 0 Å². The van der Waals surface area contributed by atoms with Gasteiger partial charge >= 0.3 is 0 Å². The highest BCUT2D eigenvalue weighted by Crippen LogP contribution is 2.33. The zero-order valence-electron chi connectivity index (χ0n) is 14.1. The fourth-order valence-corrected chi connectivity index (χ4v) is 3.71. The number of hydrogen-bond acceptors (Lipinski definition) is 2. The minimum absolute atomic E-state index is 0.831. The standard InChI is InChI=1S/C23H18N2/c1-24-12-13-25(16-24)15-17-6-7-19-9-11-20-10-8-18-4-2-3-5-21(18)23(20)22(19)14-17/h2-14H,15H2,1H3. The van der Waals surface area contributed by atoms with Crippen molar-refractivity contribution < 1.29 is 0 Å². The zero-order chi connectivity index (χ0) is 16.8. The van der Waals surface area contributed by atoms with Crippen molar-refractivity contribution >= 4 is 32.3 Å². The maximum absolute atomic E-state index is 3.27. The van der Waals surface area contributed by atoms with Crippen molar-refractivity contribution in [1.29, 1.82) is 0 Å². The topological polar surface area (TPSA) is 6.48 Å². The van der Waals surface area contributed by atoms with E-state index < -0.39 is 0 Å². The van der Waals surface area contributed by atoms with Gasteiger partial charge in [0.2, 0.25) is 6.67 Å². The average Bonchev–Trinajstić information content (AvgIpc) is 3.05. The van der Waals surface area contributed by atoms with E-state index in [9.17, 15) is 0 Å². The van der Waals surface area contributed by atoms with Crippen molar-refractivity contribution in [3.8, 4) is 0 Å². The van der Waals surface area contributed by atoms with E-state index in [0.717, 1.165) is 6.54 Å². The van der Waals surface area contributed by atoms with Gasteiger partial charge in [-0.2, -0.15) is 0 Å². The molecular weight excluding hydrogens is 304 g/mol. The van der Waals surface area contributed by atoms with Gasteiger partial charge in [-0.1, -0.05) is 60.7 Å². The summed E-state index contributed by atoms with van der Waals surface area (Å²) in [5, 5.41) is 7.86. The SMILES string of the molecule is CN1[C]N(Cc2ccc3ccc4ccc5ccccc5c4c3c2)C=C1. The molecule has 0 N–H and O–H groups in total. The Kier molecular flexibility index (Phi) is 3.17. The van der Waals surface area contributed by atoms with E-state index in [-0.39, 0.29) is 0 Å². The molecule has 0 amide bonds. The maximum Gasteiger partial charge on any atom is 0.207 e. The lowest BCUT2D eigenvalue weighted by Crippen LogP contribution is -2.15. The molecule has 0 aromatic heterocycles. The second-order valence-corrected chi connectivity index (χ2v) is 6.64. The van der Waals surface area contributed by atoms with Crippen LogP contribution in [0.4, 0.5) is 0 Å². The Morgan fingerprint density at radius 3 is 2.28 bits per heavy atom. The van der Waals surface area contributed by atoms with Crippen molar-refractivity contribution in [3.05, 3.63) is 91.4 Å².